The largest absolute Gasteiger partial charge is 0.485 e. The number of hydrogen-bond acceptors (Lipinski definition) is 6. The van der Waals surface area contributed by atoms with Crippen LogP contribution >= 0.6 is 0 Å². The molecule has 1 aliphatic rings. The summed E-state index contributed by atoms with van der Waals surface area (Å²) in [6, 6.07) is 1.22. The van der Waals surface area contributed by atoms with Crippen LogP contribution in [0.3, 0.4) is 0 Å². The van der Waals surface area contributed by atoms with Crippen molar-refractivity contribution in [3.8, 4) is 5.75 Å². The van der Waals surface area contributed by atoms with E-state index < -0.39 is 21.2 Å². The van der Waals surface area contributed by atoms with Gasteiger partial charge in [-0.05, 0) is 12.8 Å². The van der Waals surface area contributed by atoms with Gasteiger partial charge in [0.25, 0.3) is 5.75 Å². The molecule has 20 heavy (non-hydrogen) atoms. The molecule has 0 atom stereocenters. The molecule has 0 spiro atoms. The Balaban J connectivity index is 2.35. The van der Waals surface area contributed by atoms with Crippen LogP contribution in [0.5, 0.6) is 5.75 Å². The summed E-state index contributed by atoms with van der Waals surface area (Å²) < 4.78 is 4.86. The number of nitro groups is 2. The number of aromatic nitrogens is 2. The monoisotopic (exact) mass is 278 g/mol. The molecule has 1 heterocycles. The summed E-state index contributed by atoms with van der Waals surface area (Å²) in [5.41, 5.74) is -0.539. The van der Waals surface area contributed by atoms with Crippen LogP contribution in [0.15, 0.2) is 6.07 Å². The number of nitrogens with zero attached hydrogens (tertiary/aromatic N) is 3. The highest BCUT2D eigenvalue weighted by molar-refractivity contribution is 5.92. The lowest BCUT2D eigenvalue weighted by Gasteiger charge is -2.02. The SMILES string of the molecule is COc1c([N+](=O)[O-])cc2[nH]c(C3CC3)nc2c1[N+](=O)[O-]. The van der Waals surface area contributed by atoms with Gasteiger partial charge < -0.3 is 9.72 Å². The van der Waals surface area contributed by atoms with Crippen LogP contribution in [0.25, 0.3) is 11.0 Å². The molecule has 0 bridgehead atoms. The molecule has 0 saturated heterocycles. The Labute approximate surface area is 111 Å². The summed E-state index contributed by atoms with van der Waals surface area (Å²) in [6.45, 7) is 0. The molecule has 0 aliphatic heterocycles. The molecule has 104 valence electrons. The second kappa shape index (κ2) is 4.15. The molecule has 9 nitrogen and oxygen atoms in total. The minimum absolute atomic E-state index is 0.0966. The van der Waals surface area contributed by atoms with Crippen LogP contribution in [0.4, 0.5) is 11.4 Å². The Morgan fingerprint density at radius 1 is 1.35 bits per heavy atom. The molecule has 1 aliphatic carbocycles. The lowest BCUT2D eigenvalue weighted by molar-refractivity contribution is -0.394. The highest BCUT2D eigenvalue weighted by atomic mass is 16.6. The van der Waals surface area contributed by atoms with Gasteiger partial charge in [-0.15, -0.1) is 0 Å². The lowest BCUT2D eigenvalue weighted by Crippen LogP contribution is -1.99. The van der Waals surface area contributed by atoms with Gasteiger partial charge >= 0.3 is 11.4 Å². The first-order chi connectivity index (χ1) is 9.52. The number of aromatic amines is 1. The van der Waals surface area contributed by atoms with E-state index in [0.717, 1.165) is 20.0 Å². The molecule has 1 aromatic carbocycles. The number of imidazole rings is 1. The number of hydrogen-bond donors (Lipinski definition) is 1. The predicted octanol–water partition coefficient (Wildman–Crippen LogP) is 2.27. The van der Waals surface area contributed by atoms with Gasteiger partial charge in [0.1, 0.15) is 5.82 Å². The smallest absolute Gasteiger partial charge is 0.345 e. The molecular weight excluding hydrogens is 268 g/mol. The van der Waals surface area contributed by atoms with Gasteiger partial charge in [0, 0.05) is 12.0 Å². The lowest BCUT2D eigenvalue weighted by atomic mass is 10.2. The third-order valence-electron chi connectivity index (χ3n) is 3.25. The van der Waals surface area contributed by atoms with Crippen molar-refractivity contribution >= 4 is 22.4 Å². The first kappa shape index (κ1) is 12.3. The molecular formula is C11H10N4O5. The van der Waals surface area contributed by atoms with Crippen LogP contribution in [0.1, 0.15) is 24.6 Å². The van der Waals surface area contributed by atoms with E-state index in [2.05, 4.69) is 9.97 Å². The number of nitrogens with one attached hydrogen (secondary N) is 1. The van der Waals surface area contributed by atoms with Crippen molar-refractivity contribution in [1.29, 1.82) is 0 Å². The standard InChI is InChI=1S/C11H10N4O5/c1-20-10-7(14(16)17)4-6-8(9(10)15(18)19)13-11(12-6)5-2-3-5/h4-5H,2-3H2,1H3,(H,12,13). The molecule has 0 amide bonds. The summed E-state index contributed by atoms with van der Waals surface area (Å²) >= 11 is 0. The Morgan fingerprint density at radius 3 is 2.55 bits per heavy atom. The molecule has 0 radical (unpaired) electrons. The summed E-state index contributed by atoms with van der Waals surface area (Å²) in [5.74, 6) is 0.513. The summed E-state index contributed by atoms with van der Waals surface area (Å²) in [4.78, 5) is 28.0. The number of rotatable bonds is 4. The number of benzene rings is 1. The third-order valence-corrected chi connectivity index (χ3v) is 3.25. The Bertz CT molecular complexity index is 734. The second-order valence-electron chi connectivity index (χ2n) is 4.58. The van der Waals surface area contributed by atoms with Crippen molar-refractivity contribution in [3.63, 3.8) is 0 Å². The summed E-state index contributed by atoms with van der Waals surface area (Å²) in [6.07, 6.45) is 1.93. The van der Waals surface area contributed by atoms with E-state index in [9.17, 15) is 20.2 Å². The highest BCUT2D eigenvalue weighted by Gasteiger charge is 2.34. The fraction of sp³-hybridized carbons (Fsp3) is 0.364. The maximum absolute atomic E-state index is 11.2. The van der Waals surface area contributed by atoms with Crippen molar-refractivity contribution in [2.24, 2.45) is 0 Å². The number of methoxy groups -OCH3 is 1. The van der Waals surface area contributed by atoms with E-state index in [-0.39, 0.29) is 22.7 Å². The average Bonchev–Trinajstić information content (AvgIpc) is 3.15. The van der Waals surface area contributed by atoms with Crippen molar-refractivity contribution in [2.45, 2.75) is 18.8 Å². The normalized spacial score (nSPS) is 14.4. The quantitative estimate of drug-likeness (QED) is 0.675. The maximum Gasteiger partial charge on any atom is 0.345 e. The van der Waals surface area contributed by atoms with E-state index in [1.807, 2.05) is 0 Å². The van der Waals surface area contributed by atoms with Crippen molar-refractivity contribution in [1.82, 2.24) is 9.97 Å². The Kier molecular flexibility index (Phi) is 2.56. The van der Waals surface area contributed by atoms with Crippen molar-refractivity contribution in [2.75, 3.05) is 7.11 Å². The van der Waals surface area contributed by atoms with Crippen molar-refractivity contribution < 1.29 is 14.6 Å². The van der Waals surface area contributed by atoms with E-state index in [0.29, 0.717) is 5.82 Å². The summed E-state index contributed by atoms with van der Waals surface area (Å²) in [5, 5.41) is 22.2. The Morgan fingerprint density at radius 2 is 2.05 bits per heavy atom. The third kappa shape index (κ3) is 1.75. The molecule has 1 saturated carbocycles. The number of ether oxygens (including phenoxy) is 1. The first-order valence-electron chi connectivity index (χ1n) is 5.92. The zero-order chi connectivity index (χ0) is 14.4. The number of nitro benzene ring substituents is 2. The fourth-order valence-corrected chi connectivity index (χ4v) is 2.18. The minimum Gasteiger partial charge on any atom is -0.485 e. The van der Waals surface area contributed by atoms with Gasteiger partial charge in [-0.1, -0.05) is 0 Å². The number of H-pyrrole nitrogens is 1. The van der Waals surface area contributed by atoms with Crippen LogP contribution in [-0.2, 0) is 0 Å². The van der Waals surface area contributed by atoms with Crippen LogP contribution in [-0.4, -0.2) is 26.9 Å². The molecule has 1 N–H and O–H groups in total. The molecule has 1 aromatic heterocycles. The van der Waals surface area contributed by atoms with Gasteiger partial charge in [0.15, 0.2) is 5.52 Å². The zero-order valence-corrected chi connectivity index (χ0v) is 10.5. The van der Waals surface area contributed by atoms with Crippen molar-refractivity contribution in [3.05, 3.63) is 32.1 Å². The molecule has 9 heteroatoms. The van der Waals surface area contributed by atoms with Crippen LogP contribution in [0.2, 0.25) is 0 Å². The van der Waals surface area contributed by atoms with E-state index in [1.54, 1.807) is 0 Å². The van der Waals surface area contributed by atoms with Gasteiger partial charge in [-0.3, -0.25) is 20.2 Å². The van der Waals surface area contributed by atoms with Crippen LogP contribution < -0.4 is 4.74 Å². The Hall–Kier alpha value is -2.71. The van der Waals surface area contributed by atoms with Gasteiger partial charge in [0.05, 0.1) is 22.5 Å². The highest BCUT2D eigenvalue weighted by Crippen LogP contribution is 2.44. The molecule has 3 rings (SSSR count). The van der Waals surface area contributed by atoms with Gasteiger partial charge in [0.2, 0.25) is 0 Å². The molecule has 0 unspecified atom stereocenters. The van der Waals surface area contributed by atoms with E-state index >= 15 is 0 Å². The summed E-state index contributed by atoms with van der Waals surface area (Å²) in [7, 11) is 1.16. The molecule has 1 fully saturated rings. The van der Waals surface area contributed by atoms with Gasteiger partial charge in [-0.2, -0.15) is 0 Å². The molecule has 2 aromatic rings. The average molecular weight is 278 g/mol. The van der Waals surface area contributed by atoms with E-state index in [4.69, 9.17) is 4.74 Å². The van der Waals surface area contributed by atoms with Gasteiger partial charge in [-0.25, -0.2) is 4.98 Å². The number of fused-ring (bicyclic) bond motifs is 1. The van der Waals surface area contributed by atoms with E-state index in [1.165, 1.54) is 6.07 Å². The second-order valence-corrected chi connectivity index (χ2v) is 4.58. The fourth-order valence-electron chi connectivity index (χ4n) is 2.18. The first-order valence-corrected chi connectivity index (χ1v) is 5.92. The zero-order valence-electron chi connectivity index (χ0n) is 10.5. The topological polar surface area (TPSA) is 124 Å². The van der Waals surface area contributed by atoms with Crippen LogP contribution in [0, 0.1) is 20.2 Å². The predicted molar refractivity (Wildman–Crippen MR) is 67.9 cm³/mol. The minimum atomic E-state index is -0.705. The maximum atomic E-state index is 11.2.